The van der Waals surface area contributed by atoms with Crippen LogP contribution in [0.1, 0.15) is 32.8 Å². The average Bonchev–Trinajstić information content (AvgIpc) is 3.06. The summed E-state index contributed by atoms with van der Waals surface area (Å²) in [7, 11) is -3.84. The van der Waals surface area contributed by atoms with Crippen molar-refractivity contribution in [2.24, 2.45) is 0 Å². The van der Waals surface area contributed by atoms with Gasteiger partial charge in [-0.3, -0.25) is 4.79 Å². The number of carbonyl (C=O) groups excluding carboxylic acids is 1. The van der Waals surface area contributed by atoms with Crippen molar-refractivity contribution in [3.05, 3.63) is 71.2 Å². The second-order valence-corrected chi connectivity index (χ2v) is 11.1. The molecule has 3 aromatic rings. The number of fused-ring (bicyclic) bond motifs is 1. The first-order valence-corrected chi connectivity index (χ1v) is 12.0. The van der Waals surface area contributed by atoms with Gasteiger partial charge in [0.05, 0.1) is 4.90 Å². The molecule has 1 aliphatic rings. The molecule has 0 spiro atoms. The lowest BCUT2D eigenvalue weighted by Gasteiger charge is -2.22. The third-order valence-electron chi connectivity index (χ3n) is 5.63. The van der Waals surface area contributed by atoms with Crippen molar-refractivity contribution in [2.75, 3.05) is 11.4 Å². The standard InChI is InChI=1S/C24H25ClN2O3S/c1-24(2,3)18-6-9-20(10-7-18)27-13-12-22(23(27)28)26-31(29,30)21-11-5-16-14-19(25)8-4-17(16)15-21/h4-11,14-15,22,26H,12-13H2,1-3H3/t22-/m0/s1. The van der Waals surface area contributed by atoms with E-state index < -0.39 is 16.1 Å². The van der Waals surface area contributed by atoms with Gasteiger partial charge in [0, 0.05) is 17.3 Å². The highest BCUT2D eigenvalue weighted by atomic mass is 35.5. The molecule has 0 aliphatic carbocycles. The molecule has 162 valence electrons. The van der Waals surface area contributed by atoms with Crippen LogP contribution in [-0.2, 0) is 20.2 Å². The lowest BCUT2D eigenvalue weighted by molar-refractivity contribution is -0.118. The largest absolute Gasteiger partial charge is 0.311 e. The normalized spacial score (nSPS) is 17.5. The molecule has 1 N–H and O–H groups in total. The van der Waals surface area contributed by atoms with E-state index in [1.807, 2.05) is 24.3 Å². The maximum Gasteiger partial charge on any atom is 0.245 e. The van der Waals surface area contributed by atoms with E-state index in [2.05, 4.69) is 25.5 Å². The first-order chi connectivity index (χ1) is 14.5. The van der Waals surface area contributed by atoms with E-state index in [1.165, 1.54) is 11.6 Å². The van der Waals surface area contributed by atoms with E-state index in [0.29, 0.717) is 18.0 Å². The fourth-order valence-corrected chi connectivity index (χ4v) is 5.24. The van der Waals surface area contributed by atoms with Crippen LogP contribution >= 0.6 is 11.6 Å². The number of benzene rings is 3. The molecule has 0 bridgehead atoms. The van der Waals surface area contributed by atoms with Crippen molar-refractivity contribution in [3.8, 4) is 0 Å². The van der Waals surface area contributed by atoms with Crippen LogP contribution in [0.25, 0.3) is 10.8 Å². The van der Waals surface area contributed by atoms with Crippen LogP contribution < -0.4 is 9.62 Å². The molecule has 5 nitrogen and oxygen atoms in total. The molecule has 0 unspecified atom stereocenters. The number of nitrogens with one attached hydrogen (secondary N) is 1. The molecule has 3 aromatic carbocycles. The van der Waals surface area contributed by atoms with Gasteiger partial charge >= 0.3 is 0 Å². The highest BCUT2D eigenvalue weighted by Gasteiger charge is 2.35. The van der Waals surface area contributed by atoms with Gasteiger partial charge in [0.15, 0.2) is 0 Å². The van der Waals surface area contributed by atoms with Crippen molar-refractivity contribution >= 4 is 44.0 Å². The quantitative estimate of drug-likeness (QED) is 0.608. The molecule has 0 aromatic heterocycles. The summed E-state index contributed by atoms with van der Waals surface area (Å²) in [5.74, 6) is -0.236. The topological polar surface area (TPSA) is 66.5 Å². The summed E-state index contributed by atoms with van der Waals surface area (Å²) in [6.45, 7) is 6.87. The molecule has 4 rings (SSSR count). The minimum atomic E-state index is -3.84. The average molecular weight is 457 g/mol. The van der Waals surface area contributed by atoms with E-state index in [1.54, 1.807) is 35.2 Å². The van der Waals surface area contributed by atoms with Crippen LogP contribution in [-0.4, -0.2) is 26.9 Å². The van der Waals surface area contributed by atoms with Crippen molar-refractivity contribution < 1.29 is 13.2 Å². The molecule has 1 atom stereocenters. The molecular weight excluding hydrogens is 432 g/mol. The number of amides is 1. The highest BCUT2D eigenvalue weighted by Crippen LogP contribution is 2.28. The van der Waals surface area contributed by atoms with Gasteiger partial charge in [0.25, 0.3) is 0 Å². The molecule has 1 saturated heterocycles. The Kier molecular flexibility index (Phi) is 5.58. The number of carbonyl (C=O) groups is 1. The zero-order chi connectivity index (χ0) is 22.4. The summed E-state index contributed by atoms with van der Waals surface area (Å²) in [6, 6.07) is 17.2. The maximum absolute atomic E-state index is 12.9. The Hall–Kier alpha value is -2.41. The Morgan fingerprint density at radius 2 is 1.61 bits per heavy atom. The lowest BCUT2D eigenvalue weighted by atomic mass is 9.87. The summed E-state index contributed by atoms with van der Waals surface area (Å²) in [5, 5.41) is 2.22. The zero-order valence-electron chi connectivity index (χ0n) is 17.7. The lowest BCUT2D eigenvalue weighted by Crippen LogP contribution is -2.41. The Morgan fingerprint density at radius 3 is 2.29 bits per heavy atom. The highest BCUT2D eigenvalue weighted by molar-refractivity contribution is 7.89. The molecule has 7 heteroatoms. The van der Waals surface area contributed by atoms with E-state index in [-0.39, 0.29) is 16.2 Å². The van der Waals surface area contributed by atoms with Gasteiger partial charge in [-0.25, -0.2) is 8.42 Å². The SMILES string of the molecule is CC(C)(C)c1ccc(N2CC[C@H](NS(=O)(=O)c3ccc4cc(Cl)ccc4c3)C2=O)cc1. The number of halogens is 1. The Morgan fingerprint density at radius 1 is 0.968 bits per heavy atom. The van der Waals surface area contributed by atoms with Gasteiger partial charge in [-0.1, -0.05) is 56.6 Å². The zero-order valence-corrected chi connectivity index (χ0v) is 19.3. The first kappa shape index (κ1) is 21.8. The Balaban J connectivity index is 1.52. The summed E-state index contributed by atoms with van der Waals surface area (Å²) >= 11 is 6.00. The van der Waals surface area contributed by atoms with Crippen LogP contribution in [0.4, 0.5) is 5.69 Å². The molecule has 31 heavy (non-hydrogen) atoms. The van der Waals surface area contributed by atoms with Gasteiger partial charge in [0.2, 0.25) is 15.9 Å². The van der Waals surface area contributed by atoms with Crippen molar-refractivity contribution in [2.45, 2.75) is 43.5 Å². The van der Waals surface area contributed by atoms with Crippen LogP contribution in [0.15, 0.2) is 65.6 Å². The van der Waals surface area contributed by atoms with E-state index in [4.69, 9.17) is 11.6 Å². The monoisotopic (exact) mass is 456 g/mol. The molecule has 1 aliphatic heterocycles. The van der Waals surface area contributed by atoms with E-state index in [9.17, 15) is 13.2 Å². The van der Waals surface area contributed by atoms with Crippen molar-refractivity contribution in [3.63, 3.8) is 0 Å². The van der Waals surface area contributed by atoms with Gasteiger partial charge in [-0.2, -0.15) is 4.72 Å². The summed E-state index contributed by atoms with van der Waals surface area (Å²) in [5.41, 5.74) is 1.98. The third-order valence-corrected chi connectivity index (χ3v) is 7.34. The number of anilines is 1. The molecule has 1 amide bonds. The number of rotatable bonds is 4. The number of nitrogens with zero attached hydrogens (tertiary/aromatic N) is 1. The number of sulfonamides is 1. The second-order valence-electron chi connectivity index (χ2n) is 8.90. The van der Waals surface area contributed by atoms with Crippen LogP contribution in [0.3, 0.4) is 0 Å². The number of hydrogen-bond donors (Lipinski definition) is 1. The predicted octanol–water partition coefficient (Wildman–Crippen LogP) is 4.87. The van der Waals surface area contributed by atoms with E-state index >= 15 is 0 Å². The summed E-state index contributed by atoms with van der Waals surface area (Å²) < 4.78 is 28.5. The van der Waals surface area contributed by atoms with Crippen LogP contribution in [0, 0.1) is 0 Å². The Bertz CT molecular complexity index is 1250. The fourth-order valence-electron chi connectivity index (χ4n) is 3.80. The van der Waals surface area contributed by atoms with Gasteiger partial charge in [0.1, 0.15) is 6.04 Å². The fraction of sp³-hybridized carbons (Fsp3) is 0.292. The number of hydrogen-bond acceptors (Lipinski definition) is 3. The smallest absolute Gasteiger partial charge is 0.245 e. The molecule has 1 fully saturated rings. The molecule has 0 radical (unpaired) electrons. The van der Waals surface area contributed by atoms with E-state index in [0.717, 1.165) is 16.5 Å². The molecular formula is C24H25ClN2O3S. The van der Waals surface area contributed by atoms with Gasteiger partial charge in [-0.15, -0.1) is 0 Å². The maximum atomic E-state index is 12.9. The minimum absolute atomic E-state index is 0.0247. The predicted molar refractivity (Wildman–Crippen MR) is 125 cm³/mol. The van der Waals surface area contributed by atoms with Crippen LogP contribution in [0.2, 0.25) is 5.02 Å². The molecule has 1 heterocycles. The van der Waals surface area contributed by atoms with Gasteiger partial charge < -0.3 is 4.90 Å². The Labute approximate surface area is 188 Å². The van der Waals surface area contributed by atoms with Crippen molar-refractivity contribution in [1.29, 1.82) is 0 Å². The van der Waals surface area contributed by atoms with Gasteiger partial charge in [-0.05, 0) is 64.6 Å². The summed E-state index contributed by atoms with van der Waals surface area (Å²) in [6.07, 6.45) is 0.419. The van der Waals surface area contributed by atoms with Crippen molar-refractivity contribution in [1.82, 2.24) is 4.72 Å². The first-order valence-electron chi connectivity index (χ1n) is 10.2. The minimum Gasteiger partial charge on any atom is -0.311 e. The third kappa shape index (κ3) is 4.47. The van der Waals surface area contributed by atoms with Crippen LogP contribution in [0.5, 0.6) is 0 Å². The molecule has 0 saturated carbocycles. The summed E-state index contributed by atoms with van der Waals surface area (Å²) in [4.78, 5) is 14.7. The second kappa shape index (κ2) is 7.93.